The molecule has 8 heteroatoms. The summed E-state index contributed by atoms with van der Waals surface area (Å²) in [5.41, 5.74) is 3.94. The number of ether oxygens (including phenoxy) is 1. The van der Waals surface area contributed by atoms with Crippen LogP contribution in [0.3, 0.4) is 0 Å². The number of halogens is 3. The Labute approximate surface area is 229 Å². The van der Waals surface area contributed by atoms with Crippen molar-refractivity contribution < 1.29 is 32.6 Å². The molecule has 5 nitrogen and oxygen atoms in total. The highest BCUT2D eigenvalue weighted by Crippen LogP contribution is 2.36. The number of benzene rings is 4. The van der Waals surface area contributed by atoms with Gasteiger partial charge in [-0.15, -0.1) is 0 Å². The van der Waals surface area contributed by atoms with Crippen LogP contribution in [0.25, 0.3) is 33.0 Å². The molecule has 0 saturated carbocycles. The van der Waals surface area contributed by atoms with Gasteiger partial charge in [0.2, 0.25) is 0 Å². The maximum Gasteiger partial charge on any atom is 0.416 e. The van der Waals surface area contributed by atoms with Gasteiger partial charge >= 0.3 is 18.2 Å². The van der Waals surface area contributed by atoms with Crippen LogP contribution in [0.1, 0.15) is 47.2 Å². The van der Waals surface area contributed by atoms with Crippen molar-refractivity contribution in [2.24, 2.45) is 0 Å². The predicted octanol–water partition coefficient (Wildman–Crippen LogP) is 8.23. The van der Waals surface area contributed by atoms with Crippen molar-refractivity contribution in [1.82, 2.24) is 4.90 Å². The molecule has 206 valence electrons. The molecule has 1 heterocycles. The number of amides is 1. The highest BCUT2D eigenvalue weighted by atomic mass is 19.4. The summed E-state index contributed by atoms with van der Waals surface area (Å²) in [5.74, 6) is -0.175. The average molecular weight is 548 g/mol. The smallest absolute Gasteiger partial charge is 0.416 e. The van der Waals surface area contributed by atoms with Crippen LogP contribution in [-0.2, 0) is 10.9 Å². The number of hydrogen-bond acceptors (Lipinski definition) is 3. The fraction of sp³-hybridized carbons (Fsp3) is 0.250. The van der Waals surface area contributed by atoms with Crippen LogP contribution < -0.4 is 0 Å². The number of piperidine rings is 1. The first-order valence-corrected chi connectivity index (χ1v) is 13.1. The van der Waals surface area contributed by atoms with Crippen LogP contribution in [-0.4, -0.2) is 41.8 Å². The van der Waals surface area contributed by atoms with E-state index in [-0.39, 0.29) is 12.5 Å². The third-order valence-corrected chi connectivity index (χ3v) is 7.47. The fourth-order valence-corrected chi connectivity index (χ4v) is 5.31. The zero-order valence-corrected chi connectivity index (χ0v) is 21.9. The summed E-state index contributed by atoms with van der Waals surface area (Å²) in [6.07, 6.45) is -3.76. The Morgan fingerprint density at radius 2 is 1.50 bits per heavy atom. The number of likely N-dealkylation sites (tertiary alicyclic amines) is 1. The molecular weight excluding hydrogens is 519 g/mol. The van der Waals surface area contributed by atoms with Crippen molar-refractivity contribution in [3.05, 3.63) is 95.6 Å². The SMILES string of the molecule is CCOC(=O)c1cc(-c2ccc(C3CCN(C(=O)O)CC3)cc2)c2ccc(-c3ccc(C(F)(F)F)cc3)cc2c1. The summed E-state index contributed by atoms with van der Waals surface area (Å²) in [7, 11) is 0. The van der Waals surface area contributed by atoms with E-state index in [9.17, 15) is 27.9 Å². The summed E-state index contributed by atoms with van der Waals surface area (Å²) in [6.45, 7) is 2.99. The molecular formula is C32H28F3NO4. The lowest BCUT2D eigenvalue weighted by atomic mass is 9.87. The first-order chi connectivity index (χ1) is 19.1. The number of alkyl halides is 3. The van der Waals surface area contributed by atoms with Gasteiger partial charge in [-0.1, -0.05) is 48.5 Å². The standard InChI is InChI=1S/C32H28F3NO4/c1-2-40-30(37)26-18-25-17-24(21-7-10-27(11-8-21)32(33,34)35)9-12-28(25)29(19-26)23-5-3-20(4-6-23)22-13-15-36(16-14-22)31(38)39/h3-12,17-19,22H,2,13-16H2,1H3,(H,38,39). The number of esters is 1. The second-order valence-corrected chi connectivity index (χ2v) is 9.92. The molecule has 40 heavy (non-hydrogen) atoms. The van der Waals surface area contributed by atoms with Gasteiger partial charge in [0, 0.05) is 13.1 Å². The van der Waals surface area contributed by atoms with E-state index in [4.69, 9.17) is 4.74 Å². The average Bonchev–Trinajstić information content (AvgIpc) is 2.96. The zero-order chi connectivity index (χ0) is 28.4. The van der Waals surface area contributed by atoms with Gasteiger partial charge < -0.3 is 14.7 Å². The van der Waals surface area contributed by atoms with Crippen LogP contribution >= 0.6 is 0 Å². The number of carboxylic acid groups (broad SMARTS) is 1. The van der Waals surface area contributed by atoms with E-state index >= 15 is 0 Å². The van der Waals surface area contributed by atoms with Crippen LogP contribution in [0, 0.1) is 0 Å². The van der Waals surface area contributed by atoms with Crippen molar-refractivity contribution in [3.63, 3.8) is 0 Å². The quantitative estimate of drug-likeness (QED) is 0.256. The van der Waals surface area contributed by atoms with Gasteiger partial charge in [0.1, 0.15) is 0 Å². The Hall–Kier alpha value is -4.33. The highest BCUT2D eigenvalue weighted by Gasteiger charge is 2.30. The van der Waals surface area contributed by atoms with Crippen LogP contribution in [0.4, 0.5) is 18.0 Å². The number of carbonyl (C=O) groups excluding carboxylic acids is 1. The van der Waals surface area contributed by atoms with E-state index < -0.39 is 23.8 Å². The van der Waals surface area contributed by atoms with E-state index in [1.807, 2.05) is 30.3 Å². The Bertz CT molecular complexity index is 1540. The maximum absolute atomic E-state index is 13.0. The van der Waals surface area contributed by atoms with E-state index in [0.717, 1.165) is 58.0 Å². The maximum atomic E-state index is 13.0. The Kier molecular flexibility index (Phi) is 7.52. The highest BCUT2D eigenvalue weighted by molar-refractivity contribution is 6.04. The van der Waals surface area contributed by atoms with Crippen molar-refractivity contribution in [2.45, 2.75) is 31.9 Å². The minimum Gasteiger partial charge on any atom is -0.465 e. The lowest BCUT2D eigenvalue weighted by molar-refractivity contribution is -0.137. The number of fused-ring (bicyclic) bond motifs is 1. The van der Waals surface area contributed by atoms with Crippen molar-refractivity contribution >= 4 is 22.8 Å². The molecule has 1 fully saturated rings. The van der Waals surface area contributed by atoms with Gasteiger partial charge in [-0.3, -0.25) is 0 Å². The third kappa shape index (κ3) is 5.66. The van der Waals surface area contributed by atoms with Gasteiger partial charge in [0.25, 0.3) is 0 Å². The molecule has 5 rings (SSSR count). The second-order valence-electron chi connectivity index (χ2n) is 9.92. The van der Waals surface area contributed by atoms with Crippen LogP contribution in [0.5, 0.6) is 0 Å². The summed E-state index contributed by atoms with van der Waals surface area (Å²) in [4.78, 5) is 25.4. The monoisotopic (exact) mass is 547 g/mol. The molecule has 1 N–H and O–H groups in total. The first-order valence-electron chi connectivity index (χ1n) is 13.1. The van der Waals surface area contributed by atoms with Crippen molar-refractivity contribution in [1.29, 1.82) is 0 Å². The lowest BCUT2D eigenvalue weighted by Gasteiger charge is -2.30. The fourth-order valence-electron chi connectivity index (χ4n) is 5.31. The molecule has 1 aliphatic heterocycles. The lowest BCUT2D eigenvalue weighted by Crippen LogP contribution is -2.36. The molecule has 0 radical (unpaired) electrons. The van der Waals surface area contributed by atoms with E-state index in [2.05, 4.69) is 12.1 Å². The van der Waals surface area contributed by atoms with Gasteiger partial charge in [-0.2, -0.15) is 13.2 Å². The summed E-state index contributed by atoms with van der Waals surface area (Å²) in [6, 6.07) is 22.3. The Balaban J connectivity index is 1.50. The molecule has 1 aliphatic rings. The molecule has 4 aromatic carbocycles. The zero-order valence-electron chi connectivity index (χ0n) is 21.9. The normalized spacial score (nSPS) is 14.3. The van der Waals surface area contributed by atoms with E-state index in [1.165, 1.54) is 17.0 Å². The summed E-state index contributed by atoms with van der Waals surface area (Å²) in [5, 5.41) is 10.9. The van der Waals surface area contributed by atoms with Gasteiger partial charge in [-0.05, 0) is 94.6 Å². The third-order valence-electron chi connectivity index (χ3n) is 7.47. The summed E-state index contributed by atoms with van der Waals surface area (Å²) >= 11 is 0. The molecule has 0 aromatic heterocycles. The van der Waals surface area contributed by atoms with E-state index in [0.29, 0.717) is 24.2 Å². The number of nitrogens with zero attached hydrogens (tertiary/aromatic N) is 1. The minimum absolute atomic E-state index is 0.229. The molecule has 0 unspecified atom stereocenters. The first kappa shape index (κ1) is 27.2. The molecule has 0 atom stereocenters. The number of hydrogen-bond donors (Lipinski definition) is 1. The van der Waals surface area contributed by atoms with Crippen molar-refractivity contribution in [2.75, 3.05) is 19.7 Å². The number of rotatable bonds is 5. The molecule has 1 saturated heterocycles. The van der Waals surface area contributed by atoms with Gasteiger partial charge in [0.15, 0.2) is 0 Å². The Morgan fingerprint density at radius 3 is 2.10 bits per heavy atom. The van der Waals surface area contributed by atoms with E-state index in [1.54, 1.807) is 19.1 Å². The molecule has 0 aliphatic carbocycles. The molecule has 0 spiro atoms. The predicted molar refractivity (Wildman–Crippen MR) is 147 cm³/mol. The van der Waals surface area contributed by atoms with Crippen LogP contribution in [0.15, 0.2) is 78.9 Å². The topological polar surface area (TPSA) is 66.8 Å². The number of carbonyl (C=O) groups is 2. The van der Waals surface area contributed by atoms with Gasteiger partial charge in [-0.25, -0.2) is 9.59 Å². The molecule has 4 aromatic rings. The van der Waals surface area contributed by atoms with Crippen molar-refractivity contribution in [3.8, 4) is 22.3 Å². The Morgan fingerprint density at radius 1 is 0.875 bits per heavy atom. The summed E-state index contributed by atoms with van der Waals surface area (Å²) < 4.78 is 44.3. The largest absolute Gasteiger partial charge is 0.465 e. The second kappa shape index (κ2) is 11.0. The van der Waals surface area contributed by atoms with Gasteiger partial charge in [0.05, 0.1) is 17.7 Å². The van der Waals surface area contributed by atoms with Crippen LogP contribution in [0.2, 0.25) is 0 Å². The molecule has 0 bridgehead atoms. The minimum atomic E-state index is -4.41. The molecule has 1 amide bonds.